The monoisotopic (exact) mass is 313 g/mol. The zero-order valence-electron chi connectivity index (χ0n) is 12.3. The molecule has 0 saturated carbocycles. The zero-order valence-corrected chi connectivity index (χ0v) is 12.3. The van der Waals surface area contributed by atoms with Gasteiger partial charge in [-0.2, -0.15) is 5.10 Å². The highest BCUT2D eigenvalue weighted by atomic mass is 16.4. The van der Waals surface area contributed by atoms with Gasteiger partial charge >= 0.3 is 5.97 Å². The number of aliphatic hydroxyl groups excluding tert-OH is 1. The molecule has 1 unspecified atom stereocenters. The zero-order chi connectivity index (χ0) is 16.4. The number of hydrogen-bond acceptors (Lipinski definition) is 6. The second-order valence-electron chi connectivity index (χ2n) is 5.10. The van der Waals surface area contributed by atoms with Crippen LogP contribution in [0.3, 0.4) is 0 Å². The predicted octanol–water partition coefficient (Wildman–Crippen LogP) is 1.31. The standard InChI is InChI=1S/C15H15N5O3/c1-9(21)6-16-13-12-7-19-20(14(12)18-8-17-13)11-4-2-10(3-5-11)15(22)23/h2-5,7-9,21H,6H2,1H3,(H,22,23)(H,16,17,18). The van der Waals surface area contributed by atoms with Gasteiger partial charge in [0.15, 0.2) is 5.65 Å². The van der Waals surface area contributed by atoms with E-state index in [9.17, 15) is 9.90 Å². The largest absolute Gasteiger partial charge is 0.478 e. The van der Waals surface area contributed by atoms with E-state index in [1.807, 2.05) is 0 Å². The third kappa shape index (κ3) is 2.97. The maximum Gasteiger partial charge on any atom is 0.335 e. The number of aliphatic hydroxyl groups is 1. The van der Waals surface area contributed by atoms with Gasteiger partial charge in [0.05, 0.1) is 28.9 Å². The molecule has 0 aliphatic heterocycles. The van der Waals surface area contributed by atoms with Crippen LogP contribution >= 0.6 is 0 Å². The van der Waals surface area contributed by atoms with Gasteiger partial charge in [0.25, 0.3) is 0 Å². The van der Waals surface area contributed by atoms with Gasteiger partial charge in [-0.1, -0.05) is 0 Å². The number of nitrogens with one attached hydrogen (secondary N) is 1. The summed E-state index contributed by atoms with van der Waals surface area (Å²) in [7, 11) is 0. The molecule has 0 aliphatic carbocycles. The van der Waals surface area contributed by atoms with Crippen molar-refractivity contribution >= 4 is 22.8 Å². The summed E-state index contributed by atoms with van der Waals surface area (Å²) in [4.78, 5) is 19.3. The summed E-state index contributed by atoms with van der Waals surface area (Å²) in [6.07, 6.45) is 2.54. The number of aromatic carboxylic acids is 1. The maximum atomic E-state index is 10.9. The summed E-state index contributed by atoms with van der Waals surface area (Å²) in [6.45, 7) is 2.05. The van der Waals surface area contributed by atoms with Crippen molar-refractivity contribution in [3.63, 3.8) is 0 Å². The van der Waals surface area contributed by atoms with Crippen LogP contribution in [0.15, 0.2) is 36.8 Å². The lowest BCUT2D eigenvalue weighted by atomic mass is 10.2. The van der Waals surface area contributed by atoms with E-state index in [1.165, 1.54) is 18.5 Å². The van der Waals surface area contributed by atoms with Crippen LogP contribution in [-0.4, -0.2) is 48.6 Å². The molecule has 2 aromatic heterocycles. The highest BCUT2D eigenvalue weighted by molar-refractivity contribution is 5.89. The normalized spacial score (nSPS) is 12.3. The molecule has 0 fully saturated rings. The fourth-order valence-corrected chi connectivity index (χ4v) is 2.16. The molecule has 118 valence electrons. The predicted molar refractivity (Wildman–Crippen MR) is 83.8 cm³/mol. The first-order valence-corrected chi connectivity index (χ1v) is 7.00. The van der Waals surface area contributed by atoms with E-state index < -0.39 is 12.1 Å². The summed E-state index contributed by atoms with van der Waals surface area (Å²) >= 11 is 0. The average molecular weight is 313 g/mol. The Bertz CT molecular complexity index is 842. The van der Waals surface area contributed by atoms with Crippen LogP contribution < -0.4 is 5.32 Å². The molecule has 1 atom stereocenters. The topological polar surface area (TPSA) is 113 Å². The van der Waals surface area contributed by atoms with Crippen molar-refractivity contribution in [1.29, 1.82) is 0 Å². The summed E-state index contributed by atoms with van der Waals surface area (Å²) in [5.41, 5.74) is 1.50. The molecule has 0 bridgehead atoms. The van der Waals surface area contributed by atoms with E-state index in [0.717, 1.165) is 5.39 Å². The van der Waals surface area contributed by atoms with Crippen molar-refractivity contribution in [2.45, 2.75) is 13.0 Å². The Morgan fingerprint density at radius 2 is 2.04 bits per heavy atom. The van der Waals surface area contributed by atoms with E-state index in [4.69, 9.17) is 5.11 Å². The van der Waals surface area contributed by atoms with E-state index in [2.05, 4.69) is 20.4 Å². The summed E-state index contributed by atoms with van der Waals surface area (Å²) in [5, 5.41) is 26.4. The lowest BCUT2D eigenvalue weighted by Gasteiger charge is -2.08. The quantitative estimate of drug-likeness (QED) is 0.650. The molecule has 0 radical (unpaired) electrons. The van der Waals surface area contributed by atoms with Gasteiger partial charge in [0.1, 0.15) is 12.1 Å². The average Bonchev–Trinajstić information content (AvgIpc) is 2.97. The van der Waals surface area contributed by atoms with Crippen molar-refractivity contribution in [3.05, 3.63) is 42.4 Å². The first-order valence-electron chi connectivity index (χ1n) is 7.00. The number of carbonyl (C=O) groups is 1. The fourth-order valence-electron chi connectivity index (χ4n) is 2.16. The van der Waals surface area contributed by atoms with Crippen LogP contribution in [0.2, 0.25) is 0 Å². The van der Waals surface area contributed by atoms with Gasteiger partial charge < -0.3 is 15.5 Å². The van der Waals surface area contributed by atoms with Gasteiger partial charge in [-0.3, -0.25) is 0 Å². The molecule has 3 aromatic rings. The second-order valence-corrected chi connectivity index (χ2v) is 5.10. The van der Waals surface area contributed by atoms with E-state index in [0.29, 0.717) is 23.7 Å². The molecular formula is C15H15N5O3. The van der Waals surface area contributed by atoms with Crippen molar-refractivity contribution in [2.24, 2.45) is 0 Å². The minimum atomic E-state index is -0.978. The fraction of sp³-hybridized carbons (Fsp3) is 0.200. The molecule has 0 saturated heterocycles. The Hall–Kier alpha value is -3.00. The molecule has 3 rings (SSSR count). The summed E-state index contributed by atoms with van der Waals surface area (Å²) < 4.78 is 1.61. The molecule has 3 N–H and O–H groups in total. The van der Waals surface area contributed by atoms with E-state index in [1.54, 1.807) is 29.9 Å². The SMILES string of the molecule is CC(O)CNc1ncnc2c1cnn2-c1ccc(C(=O)O)cc1. The first-order chi connectivity index (χ1) is 11.1. The van der Waals surface area contributed by atoms with Gasteiger partial charge in [-0.25, -0.2) is 19.4 Å². The third-order valence-electron chi connectivity index (χ3n) is 3.29. The molecule has 2 heterocycles. The number of fused-ring (bicyclic) bond motifs is 1. The minimum Gasteiger partial charge on any atom is -0.478 e. The highest BCUT2D eigenvalue weighted by Gasteiger charge is 2.12. The number of nitrogens with zero attached hydrogens (tertiary/aromatic N) is 4. The Balaban J connectivity index is 1.99. The van der Waals surface area contributed by atoms with E-state index in [-0.39, 0.29) is 5.56 Å². The van der Waals surface area contributed by atoms with Crippen molar-refractivity contribution in [2.75, 3.05) is 11.9 Å². The highest BCUT2D eigenvalue weighted by Crippen LogP contribution is 2.21. The maximum absolute atomic E-state index is 10.9. The molecule has 0 spiro atoms. The van der Waals surface area contributed by atoms with Crippen LogP contribution in [0, 0.1) is 0 Å². The van der Waals surface area contributed by atoms with Gasteiger partial charge in [-0.15, -0.1) is 0 Å². The number of carboxylic acid groups (broad SMARTS) is 1. The molecular weight excluding hydrogens is 298 g/mol. The first kappa shape index (κ1) is 14.9. The van der Waals surface area contributed by atoms with E-state index >= 15 is 0 Å². The van der Waals surface area contributed by atoms with Crippen LogP contribution in [0.4, 0.5) is 5.82 Å². The van der Waals surface area contributed by atoms with Crippen LogP contribution in [0.25, 0.3) is 16.7 Å². The molecule has 8 heteroatoms. The number of benzene rings is 1. The van der Waals surface area contributed by atoms with Gasteiger partial charge in [-0.05, 0) is 31.2 Å². The third-order valence-corrected chi connectivity index (χ3v) is 3.29. The summed E-state index contributed by atoms with van der Waals surface area (Å²) in [6, 6.07) is 6.36. The smallest absolute Gasteiger partial charge is 0.335 e. The molecule has 1 aromatic carbocycles. The lowest BCUT2D eigenvalue weighted by Crippen LogP contribution is -2.16. The summed E-state index contributed by atoms with van der Waals surface area (Å²) in [5.74, 6) is -0.391. The molecule has 23 heavy (non-hydrogen) atoms. The Morgan fingerprint density at radius 3 is 2.70 bits per heavy atom. The van der Waals surface area contributed by atoms with Crippen LogP contribution in [0.1, 0.15) is 17.3 Å². The van der Waals surface area contributed by atoms with Crippen LogP contribution in [-0.2, 0) is 0 Å². The minimum absolute atomic E-state index is 0.208. The van der Waals surface area contributed by atoms with Crippen molar-refractivity contribution in [3.8, 4) is 5.69 Å². The number of carboxylic acids is 1. The number of aromatic nitrogens is 4. The Morgan fingerprint density at radius 1 is 1.30 bits per heavy atom. The lowest BCUT2D eigenvalue weighted by molar-refractivity contribution is 0.0697. The van der Waals surface area contributed by atoms with Crippen LogP contribution in [0.5, 0.6) is 0 Å². The number of hydrogen-bond donors (Lipinski definition) is 3. The molecule has 8 nitrogen and oxygen atoms in total. The number of rotatable bonds is 5. The Kier molecular flexibility index (Phi) is 3.90. The van der Waals surface area contributed by atoms with Crippen molar-refractivity contribution in [1.82, 2.24) is 19.7 Å². The van der Waals surface area contributed by atoms with Gasteiger partial charge in [0.2, 0.25) is 0 Å². The van der Waals surface area contributed by atoms with Gasteiger partial charge in [0, 0.05) is 6.54 Å². The van der Waals surface area contributed by atoms with Crippen molar-refractivity contribution < 1.29 is 15.0 Å². The number of anilines is 1. The molecule has 0 amide bonds. The Labute approximate surface area is 131 Å². The molecule has 0 aliphatic rings. The second kappa shape index (κ2) is 6.01.